The lowest BCUT2D eigenvalue weighted by Gasteiger charge is -2.42. The van der Waals surface area contributed by atoms with Crippen molar-refractivity contribution in [3.05, 3.63) is 127 Å². The zero-order valence-electron chi connectivity index (χ0n) is 77.5. The number of nitrogens with zero attached hydrogens (tertiary/aromatic N) is 16. The van der Waals surface area contributed by atoms with E-state index in [0.717, 1.165) is 58.5 Å². The molecule has 1 aliphatic carbocycles. The standard InChI is InChI=1S/C96H129N19O17/c1-59-20-12-11-13-21-60(2)79(125-8)52-72-29-25-65(7)96(124,132-72)89(121)92(122)113-36-16-14-24-75(113)93(123)130-80(53-77(116)61(3)47-64(6)87(120)88(127-10)86(119)63(5)46-59)62(4)48-66-26-30-74(81(49-66)126-9)115-76(56-104-108-115)68-23-18-22-67(50-68)70-54-100-95(101-55-70)111-40-38-110(39-41-111)83(118)32-28-71-57-112(109-106-71)35-19-42-128-44-45-129-43-33-82(117)99-34-15-17-37-114-91-84(90(97)102-58-103-91)85(107-114)69-27-31-78-73(51-69)105-94(98)131-78/h11-13,18,20-23,27,31,47,50-51,54-59,61-63,65-66,72,74-75,79-81,87-88,120,124H,14-17,19,24-26,28-30,32-46,48-49,52-53H2,1-10H3,(H2,98,105)(H,99,117)(H2,97,102,103)/b13-11+,20-12+,60-21+,64-47+/t59-,61-,62-,63-,65-,66+,72+,74+,75+,79+,80+,81-,87-,88+,96-/m1/s1. The third-order valence-electron chi connectivity index (χ3n) is 26.5. The van der Waals surface area contributed by atoms with Crippen molar-refractivity contribution in [2.45, 2.75) is 232 Å². The first-order valence-electron chi connectivity index (χ1n) is 46.5. The Bertz CT molecular complexity index is 5390. The second kappa shape index (κ2) is 46.4. The summed E-state index contributed by atoms with van der Waals surface area (Å²) in [5.41, 5.74) is 20.5. The fraction of sp³-hybridized carbons (Fsp3) is 0.573. The Kier molecular flexibility index (Phi) is 34.5. The highest BCUT2D eigenvalue weighted by atomic mass is 16.6. The van der Waals surface area contributed by atoms with Crippen molar-refractivity contribution in [2.75, 3.05) is 103 Å². The average molecular weight is 1820 g/mol. The van der Waals surface area contributed by atoms with Crippen molar-refractivity contribution >= 4 is 81.0 Å². The summed E-state index contributed by atoms with van der Waals surface area (Å²) in [5, 5.41) is 50.1. The smallest absolute Gasteiger partial charge is 0.329 e. The van der Waals surface area contributed by atoms with Gasteiger partial charge in [-0.25, -0.2) is 34.1 Å². The topological polar surface area (TPSA) is 455 Å². The predicted molar refractivity (Wildman–Crippen MR) is 492 cm³/mol. The number of allylic oxidation sites excluding steroid dienone is 6. The zero-order valence-corrected chi connectivity index (χ0v) is 77.5. The number of cyclic esters (lactones) is 1. The number of unbranched alkanes of at least 4 members (excludes halogenated alkanes) is 1. The number of methoxy groups -OCH3 is 3. The van der Waals surface area contributed by atoms with E-state index >= 15 is 0 Å². The number of aliphatic hydroxyl groups excluding tert-OH is 1. The normalized spacial score (nSPS) is 26.6. The molecule has 7 N–H and O–H groups in total. The molecular formula is C96H129N19O17. The number of amides is 3. The Morgan fingerprint density at radius 3 is 2.33 bits per heavy atom. The molecule has 13 rings (SSSR count). The molecule has 36 nitrogen and oxygen atoms in total. The number of piperidine rings is 1. The number of aliphatic hydroxyl groups is 2. The highest BCUT2D eigenvalue weighted by molar-refractivity contribution is 6.39. The summed E-state index contributed by atoms with van der Waals surface area (Å²) in [7, 11) is 4.64. The number of benzene rings is 2. The van der Waals surface area contributed by atoms with Crippen LogP contribution in [0, 0.1) is 35.5 Å². The van der Waals surface area contributed by atoms with Gasteiger partial charge in [-0.2, -0.15) is 10.1 Å². The summed E-state index contributed by atoms with van der Waals surface area (Å²) in [6, 6.07) is 12.2. The predicted octanol–water partition coefficient (Wildman–Crippen LogP) is 10.2. The van der Waals surface area contributed by atoms with Crippen LogP contribution in [0.25, 0.3) is 55.8 Å². The maximum absolute atomic E-state index is 15.0. The third kappa shape index (κ3) is 24.8. The fourth-order valence-electron chi connectivity index (χ4n) is 18.7. The molecule has 0 spiro atoms. The van der Waals surface area contributed by atoms with E-state index in [1.54, 1.807) is 62.7 Å². The number of fused-ring (bicyclic) bond motifs is 5. The Morgan fingerprint density at radius 2 is 1.55 bits per heavy atom. The molecule has 6 aromatic heterocycles. The van der Waals surface area contributed by atoms with Gasteiger partial charge in [0.1, 0.15) is 53.5 Å². The van der Waals surface area contributed by atoms with E-state index in [4.69, 9.17) is 64.1 Å². The molecule has 3 saturated heterocycles. The van der Waals surface area contributed by atoms with E-state index in [9.17, 15) is 43.8 Å². The number of hydrogen-bond acceptors (Lipinski definition) is 30. The molecule has 0 radical (unpaired) electrons. The minimum atomic E-state index is -2.48. The lowest BCUT2D eigenvalue weighted by molar-refractivity contribution is -0.265. The molecule has 2 bridgehead atoms. The summed E-state index contributed by atoms with van der Waals surface area (Å²) < 4.78 is 53.1. The largest absolute Gasteiger partial charge is 0.460 e. The monoisotopic (exact) mass is 1820 g/mol. The molecule has 8 aromatic rings. The molecule has 3 amide bonds. The number of nitrogens with two attached hydrogens (primary N) is 2. The van der Waals surface area contributed by atoms with Crippen LogP contribution in [-0.2, 0) is 86.2 Å². The lowest BCUT2D eigenvalue weighted by Crippen LogP contribution is -2.61. The number of carbonyl (C=O) groups excluding carboxylic acids is 7. The number of rotatable bonds is 29. The van der Waals surface area contributed by atoms with Crippen LogP contribution in [-0.4, -0.2) is 261 Å². The number of anilines is 3. The quantitative estimate of drug-likeness (QED) is 0.0126. The first kappa shape index (κ1) is 98.3. The molecule has 10 heterocycles. The van der Waals surface area contributed by atoms with Gasteiger partial charge in [-0.3, -0.25) is 33.4 Å². The number of piperazine rings is 1. The Balaban J connectivity index is 0.551. The first-order valence-corrected chi connectivity index (χ1v) is 46.5. The molecule has 710 valence electrons. The molecule has 4 aliphatic heterocycles. The van der Waals surface area contributed by atoms with Crippen molar-refractivity contribution in [3.63, 3.8) is 0 Å². The second-order valence-corrected chi connectivity index (χ2v) is 36.0. The van der Waals surface area contributed by atoms with Gasteiger partial charge >= 0.3 is 5.97 Å². The number of esters is 1. The van der Waals surface area contributed by atoms with E-state index in [2.05, 4.69) is 51.9 Å². The Hall–Kier alpha value is -11.3. The molecule has 0 unspecified atom stereocenters. The number of nitrogens with one attached hydrogen (secondary N) is 1. The van der Waals surface area contributed by atoms with Crippen molar-refractivity contribution in [1.29, 1.82) is 0 Å². The average Bonchev–Trinajstić information content (AvgIpc) is 1.58. The van der Waals surface area contributed by atoms with Gasteiger partial charge in [0, 0.05) is 165 Å². The Morgan fingerprint density at radius 1 is 0.758 bits per heavy atom. The minimum Gasteiger partial charge on any atom is -0.460 e. The maximum atomic E-state index is 15.0. The van der Waals surface area contributed by atoms with E-state index in [1.165, 1.54) is 18.3 Å². The van der Waals surface area contributed by atoms with Gasteiger partial charge in [-0.1, -0.05) is 99.7 Å². The van der Waals surface area contributed by atoms with Crippen LogP contribution in [0.1, 0.15) is 169 Å². The van der Waals surface area contributed by atoms with Crippen LogP contribution < -0.4 is 21.7 Å². The van der Waals surface area contributed by atoms with Gasteiger partial charge in [0.25, 0.3) is 17.7 Å². The van der Waals surface area contributed by atoms with E-state index < -0.39 is 83.7 Å². The lowest BCUT2D eigenvalue weighted by atomic mass is 9.77. The third-order valence-corrected chi connectivity index (χ3v) is 26.5. The first-order chi connectivity index (χ1) is 63.7. The molecule has 5 aliphatic rings. The fourth-order valence-corrected chi connectivity index (χ4v) is 18.7. The van der Waals surface area contributed by atoms with Crippen LogP contribution in [0.2, 0.25) is 0 Å². The molecule has 2 aromatic carbocycles. The number of ketones is 3. The number of ether oxygens (including phenoxy) is 7. The summed E-state index contributed by atoms with van der Waals surface area (Å²) in [6.07, 6.45) is 23.0. The van der Waals surface area contributed by atoms with Crippen LogP contribution in [0.15, 0.2) is 126 Å². The number of aromatic nitrogens is 13. The number of aryl methyl sites for hydroxylation is 3. The maximum Gasteiger partial charge on any atom is 0.329 e. The number of Topliss-reactive ketones (excluding diaryl/α,β-unsaturated/α-hetero) is 3. The molecule has 36 heteroatoms. The van der Waals surface area contributed by atoms with E-state index in [1.807, 2.05) is 117 Å². The van der Waals surface area contributed by atoms with Crippen LogP contribution in [0.5, 0.6) is 0 Å². The summed E-state index contributed by atoms with van der Waals surface area (Å²) >= 11 is 0. The van der Waals surface area contributed by atoms with Crippen LogP contribution in [0.3, 0.4) is 0 Å². The number of nitrogen functional groups attached to an aromatic ring is 2. The molecule has 1 saturated carbocycles. The molecular weight excluding hydrogens is 1690 g/mol. The van der Waals surface area contributed by atoms with Gasteiger partial charge in [-0.15, -0.1) is 10.2 Å². The zero-order chi connectivity index (χ0) is 93.7. The Labute approximate surface area is 769 Å². The highest BCUT2D eigenvalue weighted by Gasteiger charge is 2.53. The SMILES string of the molecule is CO[C@H]1C[C@@H]2CC[C@@H](C)[C@@](O)(O2)C(=O)C(=O)N2CCCC[C@H]2C(=O)O[C@H]([C@H](C)C[C@@H]2CC[C@H](n3nncc3-c3cccc(-c4cnc(N5CCN(C(=O)CCc6cn(CCCOCCOCCC(=O)NCCCCn7nc(-c8ccc9oc(N)nc9c8)c8c(N)ncnc87)nn6)CC5)nc4)c3)[C@H](OC)C2)CC(=O)[C@H](C)/C=C(\C)[C@@H](O)[C@@H](OC)C(=O)[C@H](C)C[C@H](C)/C=C/C=C/C=C/1C. The second-order valence-electron chi connectivity index (χ2n) is 36.0. The highest BCUT2D eigenvalue weighted by Crippen LogP contribution is 2.43. The number of carbonyl (C=O) groups is 7. The van der Waals surface area contributed by atoms with Gasteiger partial charge in [-0.05, 0) is 156 Å². The van der Waals surface area contributed by atoms with Crippen molar-refractivity contribution in [2.24, 2.45) is 35.5 Å². The van der Waals surface area contributed by atoms with Gasteiger partial charge in [0.05, 0.1) is 67.1 Å². The number of oxazole rings is 1. The van der Waals surface area contributed by atoms with Gasteiger partial charge in [0.15, 0.2) is 17.0 Å². The van der Waals surface area contributed by atoms with E-state index in [-0.39, 0.29) is 92.2 Å². The number of hydrogen-bond donors (Lipinski definition) is 5. The van der Waals surface area contributed by atoms with Crippen molar-refractivity contribution < 1.29 is 81.4 Å². The minimum absolute atomic E-state index is 0.0191. The van der Waals surface area contributed by atoms with Crippen LogP contribution >= 0.6 is 0 Å². The van der Waals surface area contributed by atoms with Gasteiger partial charge < -0.3 is 79.3 Å². The molecule has 4 fully saturated rings. The summed E-state index contributed by atoms with van der Waals surface area (Å²) in [5.74, 6) is -7.69. The van der Waals surface area contributed by atoms with Crippen molar-refractivity contribution in [1.82, 2.24) is 79.8 Å². The summed E-state index contributed by atoms with van der Waals surface area (Å²) in [4.78, 5) is 127. The van der Waals surface area contributed by atoms with Crippen molar-refractivity contribution in [3.8, 4) is 33.6 Å². The van der Waals surface area contributed by atoms with E-state index in [0.29, 0.717) is 181 Å². The molecule has 15 atom stereocenters. The van der Waals surface area contributed by atoms with Gasteiger partial charge in [0.2, 0.25) is 23.5 Å². The summed E-state index contributed by atoms with van der Waals surface area (Å²) in [6.45, 7) is 18.0. The molecule has 132 heavy (non-hydrogen) atoms. The van der Waals surface area contributed by atoms with Crippen LogP contribution in [0.4, 0.5) is 17.8 Å².